The van der Waals surface area contributed by atoms with Crippen LogP contribution in [0.25, 0.3) is 10.9 Å². The van der Waals surface area contributed by atoms with Gasteiger partial charge >= 0.3 is 5.97 Å². The van der Waals surface area contributed by atoms with Crippen LogP contribution in [0.5, 0.6) is 11.5 Å². The topological polar surface area (TPSA) is 95.1 Å². The molecule has 0 saturated carbocycles. The number of nitrogens with one attached hydrogen (secondary N) is 1. The van der Waals surface area contributed by atoms with Gasteiger partial charge in [-0.3, -0.25) is 14.5 Å². The highest BCUT2D eigenvalue weighted by Gasteiger charge is 2.36. The summed E-state index contributed by atoms with van der Waals surface area (Å²) in [6.45, 7) is 1.67. The third-order valence-corrected chi connectivity index (χ3v) is 5.98. The molecule has 0 bridgehead atoms. The summed E-state index contributed by atoms with van der Waals surface area (Å²) >= 11 is 0. The molecule has 3 heterocycles. The number of carboxylic acid groups (broad SMARTS) is 1. The fourth-order valence-electron chi connectivity index (χ4n) is 4.38. The molecule has 1 aromatic heterocycles. The minimum absolute atomic E-state index is 0.139. The van der Waals surface area contributed by atoms with Crippen LogP contribution >= 0.6 is 0 Å². The van der Waals surface area contributed by atoms with Crippen LogP contribution in [0.15, 0.2) is 48.7 Å². The van der Waals surface area contributed by atoms with E-state index in [1.165, 1.54) is 12.1 Å². The van der Waals surface area contributed by atoms with E-state index in [4.69, 9.17) is 9.47 Å². The number of H-pyrrole nitrogens is 1. The van der Waals surface area contributed by atoms with Crippen molar-refractivity contribution in [2.24, 2.45) is 0 Å². The second kappa shape index (κ2) is 8.16. The summed E-state index contributed by atoms with van der Waals surface area (Å²) in [6.07, 6.45) is 0.890. The van der Waals surface area contributed by atoms with Crippen LogP contribution in [0.1, 0.15) is 11.6 Å². The van der Waals surface area contributed by atoms with Crippen molar-refractivity contribution >= 4 is 22.8 Å². The number of nitrogens with zero attached hydrogens (tertiary/aromatic N) is 2. The minimum atomic E-state index is -0.990. The number of aliphatic carboxylic acids is 1. The molecule has 166 valence electrons. The molecule has 0 aliphatic carbocycles. The SMILES string of the molecule is O=C(O)C(c1c[nH]c2cc(F)ccc12)N1CCN(C(=O)C2COc3ccccc3O2)CC1. The van der Waals surface area contributed by atoms with Crippen molar-refractivity contribution in [1.82, 2.24) is 14.8 Å². The van der Waals surface area contributed by atoms with E-state index in [9.17, 15) is 19.1 Å². The molecule has 8 nitrogen and oxygen atoms in total. The summed E-state index contributed by atoms with van der Waals surface area (Å²) in [7, 11) is 0. The van der Waals surface area contributed by atoms with E-state index in [0.29, 0.717) is 54.1 Å². The van der Waals surface area contributed by atoms with Crippen LogP contribution < -0.4 is 9.47 Å². The smallest absolute Gasteiger partial charge is 0.325 e. The molecule has 2 unspecified atom stereocenters. The normalized spacial score (nSPS) is 19.7. The van der Waals surface area contributed by atoms with Gasteiger partial charge in [0.15, 0.2) is 11.5 Å². The Hall–Kier alpha value is -3.59. The van der Waals surface area contributed by atoms with Crippen molar-refractivity contribution in [3.05, 3.63) is 60.0 Å². The van der Waals surface area contributed by atoms with Crippen LogP contribution in [0.2, 0.25) is 0 Å². The molecule has 2 atom stereocenters. The molecule has 0 radical (unpaired) electrons. The minimum Gasteiger partial charge on any atom is -0.485 e. The van der Waals surface area contributed by atoms with Gasteiger partial charge in [0.2, 0.25) is 6.10 Å². The van der Waals surface area contributed by atoms with E-state index >= 15 is 0 Å². The third kappa shape index (κ3) is 3.64. The van der Waals surface area contributed by atoms with Crippen molar-refractivity contribution in [1.29, 1.82) is 0 Å². The quantitative estimate of drug-likeness (QED) is 0.648. The summed E-state index contributed by atoms with van der Waals surface area (Å²) in [6, 6.07) is 10.6. The van der Waals surface area contributed by atoms with Gasteiger partial charge in [-0.2, -0.15) is 0 Å². The van der Waals surface area contributed by atoms with Gasteiger partial charge in [-0.25, -0.2) is 4.39 Å². The Bertz CT molecular complexity index is 1170. The zero-order chi connectivity index (χ0) is 22.2. The number of carbonyl (C=O) groups is 2. The summed E-state index contributed by atoms with van der Waals surface area (Å²) in [5.74, 6) is -0.396. The largest absolute Gasteiger partial charge is 0.485 e. The van der Waals surface area contributed by atoms with Gasteiger partial charge in [-0.15, -0.1) is 0 Å². The lowest BCUT2D eigenvalue weighted by Gasteiger charge is -2.39. The van der Waals surface area contributed by atoms with Gasteiger partial charge in [0.05, 0.1) is 0 Å². The fraction of sp³-hybridized carbons (Fsp3) is 0.304. The van der Waals surface area contributed by atoms with Crippen LogP contribution in [-0.4, -0.2) is 70.7 Å². The lowest BCUT2D eigenvalue weighted by Crippen LogP contribution is -2.55. The maximum atomic E-state index is 13.5. The molecule has 1 fully saturated rings. The predicted octanol–water partition coefficient (Wildman–Crippen LogP) is 2.42. The number of benzene rings is 2. The third-order valence-electron chi connectivity index (χ3n) is 5.98. The molecule has 9 heteroatoms. The van der Waals surface area contributed by atoms with Crippen molar-refractivity contribution in [3.63, 3.8) is 0 Å². The van der Waals surface area contributed by atoms with Gasteiger partial charge in [-0.1, -0.05) is 12.1 Å². The van der Waals surface area contributed by atoms with Crippen molar-refractivity contribution in [2.45, 2.75) is 12.1 Å². The summed E-state index contributed by atoms with van der Waals surface area (Å²) in [5.41, 5.74) is 1.13. The van der Waals surface area contributed by atoms with Crippen molar-refractivity contribution < 1.29 is 28.6 Å². The van der Waals surface area contributed by atoms with Crippen LogP contribution in [0.3, 0.4) is 0 Å². The zero-order valence-corrected chi connectivity index (χ0v) is 17.2. The number of aromatic nitrogens is 1. The monoisotopic (exact) mass is 439 g/mol. The fourth-order valence-corrected chi connectivity index (χ4v) is 4.38. The van der Waals surface area contributed by atoms with E-state index in [-0.39, 0.29) is 18.3 Å². The maximum absolute atomic E-state index is 13.5. The number of para-hydroxylation sites is 2. The molecule has 3 aromatic rings. The molecule has 2 N–H and O–H groups in total. The number of carboxylic acids is 1. The van der Waals surface area contributed by atoms with Gasteiger partial charge in [0.25, 0.3) is 5.91 Å². The van der Waals surface area contributed by atoms with Crippen molar-refractivity contribution in [2.75, 3.05) is 32.8 Å². The van der Waals surface area contributed by atoms with Crippen molar-refractivity contribution in [3.8, 4) is 11.5 Å². The average molecular weight is 439 g/mol. The van der Waals surface area contributed by atoms with Crippen LogP contribution in [0, 0.1) is 5.82 Å². The molecular formula is C23H22FN3O5. The number of hydrogen-bond donors (Lipinski definition) is 2. The first-order valence-corrected chi connectivity index (χ1v) is 10.4. The molecule has 1 amide bonds. The van der Waals surface area contributed by atoms with Gasteiger partial charge in [0.1, 0.15) is 18.5 Å². The standard InChI is InChI=1S/C23H22FN3O5/c24-14-5-6-15-16(12-25-17(15)11-14)21(23(29)30)26-7-9-27(10-8-26)22(28)20-13-31-18-3-1-2-4-19(18)32-20/h1-6,11-12,20-21,25H,7-10,13H2,(H,29,30). The molecular weight excluding hydrogens is 417 g/mol. The van der Waals surface area contributed by atoms with Gasteiger partial charge in [0, 0.05) is 48.8 Å². The molecule has 1 saturated heterocycles. The highest BCUT2D eigenvalue weighted by Crippen LogP contribution is 2.32. The Labute approximate surface area is 183 Å². The molecule has 2 aromatic carbocycles. The highest BCUT2D eigenvalue weighted by molar-refractivity contribution is 5.89. The number of hydrogen-bond acceptors (Lipinski definition) is 5. The number of fused-ring (bicyclic) bond motifs is 2. The predicted molar refractivity (Wildman–Crippen MR) is 113 cm³/mol. The van der Waals surface area contributed by atoms with Crippen LogP contribution in [-0.2, 0) is 9.59 Å². The van der Waals surface area contributed by atoms with Gasteiger partial charge < -0.3 is 24.5 Å². The lowest BCUT2D eigenvalue weighted by molar-refractivity contribution is -0.147. The number of aromatic amines is 1. The summed E-state index contributed by atoms with van der Waals surface area (Å²) < 4.78 is 25.0. The number of rotatable bonds is 4. The Morgan fingerprint density at radius 2 is 1.84 bits per heavy atom. The van der Waals surface area contributed by atoms with E-state index in [1.807, 2.05) is 17.0 Å². The second-order valence-electron chi connectivity index (χ2n) is 7.90. The molecule has 2 aliphatic rings. The lowest BCUT2D eigenvalue weighted by atomic mass is 10.0. The Balaban J connectivity index is 1.28. The number of ether oxygens (including phenoxy) is 2. The number of carbonyl (C=O) groups excluding carboxylic acids is 1. The maximum Gasteiger partial charge on any atom is 0.325 e. The molecule has 2 aliphatic heterocycles. The molecule has 0 spiro atoms. The number of halogens is 1. The highest BCUT2D eigenvalue weighted by atomic mass is 19.1. The number of piperazine rings is 1. The number of amides is 1. The summed E-state index contributed by atoms with van der Waals surface area (Å²) in [4.78, 5) is 31.6. The van der Waals surface area contributed by atoms with Gasteiger partial charge in [-0.05, 0) is 30.3 Å². The molecule has 32 heavy (non-hydrogen) atoms. The second-order valence-corrected chi connectivity index (χ2v) is 7.90. The van der Waals surface area contributed by atoms with E-state index in [2.05, 4.69) is 4.98 Å². The Morgan fingerprint density at radius 3 is 2.59 bits per heavy atom. The average Bonchev–Trinajstić information content (AvgIpc) is 3.21. The van der Waals surface area contributed by atoms with Crippen LogP contribution in [0.4, 0.5) is 4.39 Å². The van der Waals surface area contributed by atoms with E-state index in [1.54, 1.807) is 29.3 Å². The summed E-state index contributed by atoms with van der Waals surface area (Å²) in [5, 5.41) is 10.6. The Morgan fingerprint density at radius 1 is 1.09 bits per heavy atom. The van der Waals surface area contributed by atoms with E-state index < -0.39 is 18.1 Å². The first-order chi connectivity index (χ1) is 15.5. The first-order valence-electron chi connectivity index (χ1n) is 10.4. The first kappa shape index (κ1) is 20.3. The molecule has 5 rings (SSSR count). The zero-order valence-electron chi connectivity index (χ0n) is 17.2. The Kier molecular flexibility index (Phi) is 5.18. The van der Waals surface area contributed by atoms with E-state index in [0.717, 1.165) is 0 Å².